The minimum Gasteiger partial charge on any atom is -0.371 e. The molecule has 3 nitrogen and oxygen atoms in total. The van der Waals surface area contributed by atoms with E-state index < -0.39 is 5.82 Å². The van der Waals surface area contributed by atoms with E-state index in [0.29, 0.717) is 17.1 Å². The van der Waals surface area contributed by atoms with Gasteiger partial charge in [-0.15, -0.1) is 0 Å². The van der Waals surface area contributed by atoms with Gasteiger partial charge in [-0.3, -0.25) is 4.79 Å². The summed E-state index contributed by atoms with van der Waals surface area (Å²) in [6.45, 7) is 10.6. The second-order valence-electron chi connectivity index (χ2n) is 7.82. The Morgan fingerprint density at radius 2 is 2.08 bits per heavy atom. The topological polar surface area (TPSA) is 29.5 Å². The van der Waals surface area contributed by atoms with Crippen LogP contribution in [0, 0.1) is 5.82 Å². The fourth-order valence-corrected chi connectivity index (χ4v) is 3.20. The molecular weight excluding hydrogens is 329 g/mol. The van der Waals surface area contributed by atoms with Crippen LogP contribution in [-0.2, 0) is 9.53 Å². The summed E-state index contributed by atoms with van der Waals surface area (Å²) in [7, 11) is 0. The molecule has 1 aliphatic rings. The van der Waals surface area contributed by atoms with Gasteiger partial charge >= 0.3 is 0 Å². The van der Waals surface area contributed by atoms with Gasteiger partial charge in [0.05, 0.1) is 11.7 Å². The SMILES string of the molecule is CC(C)(C)OC1CN(C(=O)/C=C/c2ccc(Cl)cc2F)C(C)(C)C1. The van der Waals surface area contributed by atoms with Crippen LogP contribution < -0.4 is 0 Å². The van der Waals surface area contributed by atoms with Gasteiger partial charge in [0.1, 0.15) is 5.82 Å². The number of rotatable bonds is 3. The lowest BCUT2D eigenvalue weighted by Crippen LogP contribution is -2.41. The Bertz CT molecular complexity index is 649. The third kappa shape index (κ3) is 4.81. The minimum absolute atomic E-state index is 0.00428. The Morgan fingerprint density at radius 1 is 1.42 bits per heavy atom. The number of likely N-dealkylation sites (tertiary alicyclic amines) is 1. The van der Waals surface area contributed by atoms with E-state index in [9.17, 15) is 9.18 Å². The molecule has 0 bridgehead atoms. The van der Waals surface area contributed by atoms with Crippen molar-refractivity contribution in [2.24, 2.45) is 0 Å². The lowest BCUT2D eigenvalue weighted by atomic mass is 10.0. The number of ether oxygens (including phenoxy) is 1. The number of halogens is 2. The van der Waals surface area contributed by atoms with Crippen LogP contribution in [-0.4, -0.2) is 34.6 Å². The Labute approximate surface area is 148 Å². The predicted octanol–water partition coefficient (Wildman–Crippen LogP) is 4.69. The summed E-state index contributed by atoms with van der Waals surface area (Å²) in [6, 6.07) is 4.39. The van der Waals surface area contributed by atoms with Crippen molar-refractivity contribution in [3.63, 3.8) is 0 Å². The Hall–Kier alpha value is -1.39. The first-order valence-electron chi connectivity index (χ1n) is 8.10. The standard InChI is InChI=1S/C19H25ClFNO2/c1-18(2,3)24-15-11-19(4,5)22(12-15)17(23)9-7-13-6-8-14(20)10-16(13)21/h6-10,15H,11-12H2,1-5H3/b9-7+. The van der Waals surface area contributed by atoms with E-state index >= 15 is 0 Å². The summed E-state index contributed by atoms with van der Waals surface area (Å²) >= 11 is 5.74. The van der Waals surface area contributed by atoms with Crippen molar-refractivity contribution < 1.29 is 13.9 Å². The van der Waals surface area contributed by atoms with E-state index in [0.717, 1.165) is 6.42 Å². The maximum atomic E-state index is 13.8. The van der Waals surface area contributed by atoms with Crippen LogP contribution >= 0.6 is 11.6 Å². The molecule has 132 valence electrons. The fraction of sp³-hybridized carbons (Fsp3) is 0.526. The summed E-state index contributed by atoms with van der Waals surface area (Å²) in [5.41, 5.74) is -0.204. The Morgan fingerprint density at radius 3 is 2.67 bits per heavy atom. The molecule has 5 heteroatoms. The van der Waals surface area contributed by atoms with Crippen molar-refractivity contribution in [2.75, 3.05) is 6.54 Å². The molecule has 1 heterocycles. The molecule has 0 radical (unpaired) electrons. The highest BCUT2D eigenvalue weighted by Crippen LogP contribution is 2.32. The maximum absolute atomic E-state index is 13.8. The smallest absolute Gasteiger partial charge is 0.247 e. The molecule has 1 fully saturated rings. The number of benzene rings is 1. The van der Waals surface area contributed by atoms with Crippen molar-refractivity contribution in [1.29, 1.82) is 0 Å². The van der Waals surface area contributed by atoms with Crippen molar-refractivity contribution in [1.82, 2.24) is 4.90 Å². The third-order valence-electron chi connectivity index (χ3n) is 4.00. The molecule has 24 heavy (non-hydrogen) atoms. The van der Waals surface area contributed by atoms with Crippen molar-refractivity contribution in [3.05, 3.63) is 40.7 Å². The van der Waals surface area contributed by atoms with Crippen molar-refractivity contribution in [3.8, 4) is 0 Å². The normalized spacial score (nSPS) is 20.8. The van der Waals surface area contributed by atoms with Crippen molar-refractivity contribution >= 4 is 23.6 Å². The molecule has 1 amide bonds. The van der Waals surface area contributed by atoms with E-state index in [4.69, 9.17) is 16.3 Å². The molecule has 0 saturated carbocycles. The lowest BCUT2D eigenvalue weighted by Gasteiger charge is -2.30. The molecule has 0 aliphatic carbocycles. The number of hydrogen-bond acceptors (Lipinski definition) is 2. The van der Waals surface area contributed by atoms with E-state index in [1.165, 1.54) is 18.2 Å². The largest absolute Gasteiger partial charge is 0.371 e. The number of carbonyl (C=O) groups excluding carboxylic acids is 1. The molecule has 1 unspecified atom stereocenters. The monoisotopic (exact) mass is 353 g/mol. The summed E-state index contributed by atoms with van der Waals surface area (Å²) in [4.78, 5) is 14.3. The average Bonchev–Trinajstić information content (AvgIpc) is 2.69. The van der Waals surface area contributed by atoms with Gasteiger partial charge < -0.3 is 9.64 Å². The van der Waals surface area contributed by atoms with Crippen LogP contribution in [0.4, 0.5) is 4.39 Å². The van der Waals surface area contributed by atoms with Gasteiger partial charge in [0.15, 0.2) is 0 Å². The molecule has 1 aliphatic heterocycles. The van der Waals surface area contributed by atoms with E-state index in [2.05, 4.69) is 0 Å². The second kappa shape index (κ2) is 6.85. The molecule has 0 spiro atoms. The van der Waals surface area contributed by atoms with Gasteiger partial charge in [-0.05, 0) is 59.2 Å². The summed E-state index contributed by atoms with van der Waals surface area (Å²) in [5, 5.41) is 0.332. The number of nitrogens with zero attached hydrogens (tertiary/aromatic N) is 1. The number of carbonyl (C=O) groups is 1. The summed E-state index contributed by atoms with van der Waals surface area (Å²) < 4.78 is 19.8. The zero-order chi connectivity index (χ0) is 18.1. The second-order valence-corrected chi connectivity index (χ2v) is 8.25. The minimum atomic E-state index is -0.443. The molecule has 1 saturated heterocycles. The maximum Gasteiger partial charge on any atom is 0.247 e. The zero-order valence-corrected chi connectivity index (χ0v) is 15.7. The average molecular weight is 354 g/mol. The van der Waals surface area contributed by atoms with Crippen LogP contribution in [0.25, 0.3) is 6.08 Å². The first-order chi connectivity index (χ1) is 11.0. The van der Waals surface area contributed by atoms with E-state index in [-0.39, 0.29) is 23.2 Å². The van der Waals surface area contributed by atoms with Gasteiger partial charge in [0, 0.05) is 28.7 Å². The van der Waals surface area contributed by atoms with Gasteiger partial charge in [0.25, 0.3) is 0 Å². The van der Waals surface area contributed by atoms with Gasteiger partial charge in [-0.1, -0.05) is 17.7 Å². The highest BCUT2D eigenvalue weighted by Gasteiger charge is 2.42. The highest BCUT2D eigenvalue weighted by atomic mass is 35.5. The van der Waals surface area contributed by atoms with Crippen LogP contribution in [0.1, 0.15) is 46.6 Å². The van der Waals surface area contributed by atoms with Crippen LogP contribution in [0.15, 0.2) is 24.3 Å². The molecule has 1 aromatic carbocycles. The Balaban J connectivity index is 2.09. The van der Waals surface area contributed by atoms with Crippen LogP contribution in [0.2, 0.25) is 5.02 Å². The van der Waals surface area contributed by atoms with Gasteiger partial charge in [-0.2, -0.15) is 0 Å². The zero-order valence-electron chi connectivity index (χ0n) is 14.9. The van der Waals surface area contributed by atoms with Crippen LogP contribution in [0.5, 0.6) is 0 Å². The van der Waals surface area contributed by atoms with Gasteiger partial charge in [-0.25, -0.2) is 4.39 Å². The Kier molecular flexibility index (Phi) is 5.41. The lowest BCUT2D eigenvalue weighted by molar-refractivity contribution is -0.129. The first-order valence-corrected chi connectivity index (χ1v) is 8.48. The molecule has 1 atom stereocenters. The predicted molar refractivity (Wildman–Crippen MR) is 95.5 cm³/mol. The first kappa shape index (κ1) is 18.9. The molecule has 1 aromatic rings. The summed E-state index contributed by atoms with van der Waals surface area (Å²) in [6.07, 6.45) is 3.68. The highest BCUT2D eigenvalue weighted by molar-refractivity contribution is 6.30. The molecule has 0 N–H and O–H groups in total. The van der Waals surface area contributed by atoms with E-state index in [1.54, 1.807) is 17.0 Å². The summed E-state index contributed by atoms with van der Waals surface area (Å²) in [5.74, 6) is -0.587. The molecular formula is C19H25ClFNO2. The van der Waals surface area contributed by atoms with Crippen molar-refractivity contribution in [2.45, 2.75) is 58.3 Å². The van der Waals surface area contributed by atoms with E-state index in [1.807, 2.05) is 34.6 Å². The number of hydrogen-bond donors (Lipinski definition) is 0. The fourth-order valence-electron chi connectivity index (χ4n) is 3.04. The van der Waals surface area contributed by atoms with Gasteiger partial charge in [0.2, 0.25) is 5.91 Å². The molecule has 0 aromatic heterocycles. The molecule has 2 rings (SSSR count). The number of amides is 1. The van der Waals surface area contributed by atoms with Crippen LogP contribution in [0.3, 0.4) is 0 Å². The quantitative estimate of drug-likeness (QED) is 0.738. The third-order valence-corrected chi connectivity index (χ3v) is 4.23.